The Kier molecular flexibility index (Phi) is 1.27. The molecule has 0 saturated carbocycles. The van der Waals surface area contributed by atoms with Crippen LogP contribution in [-0.4, -0.2) is 48.2 Å². The maximum atomic E-state index is 5.56. The Hall–Kier alpha value is -0.870. The van der Waals surface area contributed by atoms with Crippen molar-refractivity contribution >= 4 is 6.34 Å². The molecule has 64 valence electrons. The molecule has 0 aromatic rings. The lowest BCUT2D eigenvalue weighted by Gasteiger charge is -2.25. The highest BCUT2D eigenvalue weighted by Gasteiger charge is 2.41. The van der Waals surface area contributed by atoms with Gasteiger partial charge in [0.1, 0.15) is 12.4 Å². The Morgan fingerprint density at radius 3 is 3.50 bits per heavy atom. The van der Waals surface area contributed by atoms with Crippen LogP contribution in [-0.2, 0) is 4.74 Å². The Labute approximate surface area is 71.1 Å². The van der Waals surface area contributed by atoms with Crippen LogP contribution in [0.2, 0.25) is 0 Å². The van der Waals surface area contributed by atoms with Gasteiger partial charge in [0.05, 0.1) is 19.5 Å². The second-order valence-corrected chi connectivity index (χ2v) is 3.28. The number of hydrogen-bond acceptors (Lipinski definition) is 4. The summed E-state index contributed by atoms with van der Waals surface area (Å²) < 4.78 is 5.56. The summed E-state index contributed by atoms with van der Waals surface area (Å²) in [6, 6.07) is 0. The predicted octanol–water partition coefficient (Wildman–Crippen LogP) is -0.158. The number of rotatable bonds is 0. The van der Waals surface area contributed by atoms with Crippen LogP contribution in [0.3, 0.4) is 0 Å². The molecule has 3 heterocycles. The quantitative estimate of drug-likeness (QED) is 0.499. The van der Waals surface area contributed by atoms with E-state index in [1.54, 1.807) is 0 Å². The fourth-order valence-corrected chi connectivity index (χ4v) is 2.06. The molecule has 0 N–H and O–H groups in total. The summed E-state index contributed by atoms with van der Waals surface area (Å²) in [7, 11) is 0. The fraction of sp³-hybridized carbons (Fsp3) is 0.625. The van der Waals surface area contributed by atoms with Gasteiger partial charge in [-0.2, -0.15) is 0 Å². The average Bonchev–Trinajstić information content (AvgIpc) is 2.62. The summed E-state index contributed by atoms with van der Waals surface area (Å²) in [5, 5.41) is 0. The van der Waals surface area contributed by atoms with E-state index >= 15 is 0 Å². The van der Waals surface area contributed by atoms with Gasteiger partial charge in [-0.05, 0) is 6.08 Å². The lowest BCUT2D eigenvalue weighted by atomic mass is 10.4. The molecule has 3 rings (SSSR count). The number of nitrogens with zero attached hydrogens (tertiary/aromatic N) is 3. The molecule has 3 aliphatic heterocycles. The minimum absolute atomic E-state index is 0.296. The monoisotopic (exact) mass is 165 g/mol. The molecule has 4 nitrogen and oxygen atoms in total. The number of aliphatic imine (C=N–C) groups is 1. The number of fused-ring (bicyclic) bond motifs is 3. The standard InChI is InChI=1S/C8H11N3O/c1-2-9-6-10-5-8-11(7(1)10)3-4-12-8/h1-2,6-8H,3-5H2. The van der Waals surface area contributed by atoms with E-state index in [-0.39, 0.29) is 0 Å². The second-order valence-electron chi connectivity index (χ2n) is 3.28. The van der Waals surface area contributed by atoms with Crippen LogP contribution in [0.4, 0.5) is 0 Å². The number of hydrogen-bond donors (Lipinski definition) is 0. The first-order valence-electron chi connectivity index (χ1n) is 4.28. The maximum Gasteiger partial charge on any atom is 0.130 e. The number of ether oxygens (including phenoxy) is 1. The average molecular weight is 165 g/mol. The van der Waals surface area contributed by atoms with Crippen LogP contribution in [0.1, 0.15) is 0 Å². The highest BCUT2D eigenvalue weighted by molar-refractivity contribution is 5.59. The molecule has 0 amide bonds. The van der Waals surface area contributed by atoms with Crippen molar-refractivity contribution in [2.24, 2.45) is 4.99 Å². The molecule has 0 spiro atoms. The fourth-order valence-electron chi connectivity index (χ4n) is 2.06. The van der Waals surface area contributed by atoms with Gasteiger partial charge < -0.3 is 9.64 Å². The molecule has 0 aromatic carbocycles. The third-order valence-electron chi connectivity index (χ3n) is 2.64. The van der Waals surface area contributed by atoms with Gasteiger partial charge in [-0.1, -0.05) is 0 Å². The third-order valence-corrected chi connectivity index (χ3v) is 2.64. The van der Waals surface area contributed by atoms with Crippen molar-refractivity contribution in [3.8, 4) is 0 Å². The Morgan fingerprint density at radius 2 is 2.50 bits per heavy atom. The summed E-state index contributed by atoms with van der Waals surface area (Å²) in [6.45, 7) is 2.88. The van der Waals surface area contributed by atoms with E-state index in [1.807, 2.05) is 12.5 Å². The minimum atomic E-state index is 0.296. The summed E-state index contributed by atoms with van der Waals surface area (Å²) in [6.07, 6.45) is 6.57. The van der Waals surface area contributed by atoms with E-state index in [0.29, 0.717) is 12.4 Å². The summed E-state index contributed by atoms with van der Waals surface area (Å²) in [4.78, 5) is 8.66. The lowest BCUT2D eigenvalue weighted by molar-refractivity contribution is 0.0634. The van der Waals surface area contributed by atoms with Crippen LogP contribution in [0, 0.1) is 0 Å². The van der Waals surface area contributed by atoms with Crippen molar-refractivity contribution in [3.63, 3.8) is 0 Å². The van der Waals surface area contributed by atoms with Gasteiger partial charge in [0.25, 0.3) is 0 Å². The van der Waals surface area contributed by atoms with Gasteiger partial charge in [0, 0.05) is 12.7 Å². The Morgan fingerprint density at radius 1 is 1.50 bits per heavy atom. The Balaban J connectivity index is 1.90. The van der Waals surface area contributed by atoms with Gasteiger partial charge in [-0.25, -0.2) is 4.99 Å². The van der Waals surface area contributed by atoms with Crippen LogP contribution < -0.4 is 0 Å². The molecule has 0 aliphatic carbocycles. The molecular formula is C8H11N3O. The van der Waals surface area contributed by atoms with Gasteiger partial charge in [0.2, 0.25) is 0 Å². The second kappa shape index (κ2) is 2.31. The highest BCUT2D eigenvalue weighted by Crippen LogP contribution is 2.26. The molecule has 2 saturated heterocycles. The van der Waals surface area contributed by atoms with E-state index < -0.39 is 0 Å². The first-order valence-corrected chi connectivity index (χ1v) is 4.28. The highest BCUT2D eigenvalue weighted by atomic mass is 16.5. The van der Waals surface area contributed by atoms with Gasteiger partial charge in [0.15, 0.2) is 0 Å². The van der Waals surface area contributed by atoms with Gasteiger partial charge in [-0.3, -0.25) is 4.90 Å². The third kappa shape index (κ3) is 0.763. The normalized spacial score (nSPS) is 38.8. The molecular weight excluding hydrogens is 154 g/mol. The van der Waals surface area contributed by atoms with E-state index in [2.05, 4.69) is 20.9 Å². The smallest absolute Gasteiger partial charge is 0.130 e. The molecule has 2 unspecified atom stereocenters. The van der Waals surface area contributed by atoms with E-state index in [1.165, 1.54) is 0 Å². The van der Waals surface area contributed by atoms with Crippen molar-refractivity contribution in [3.05, 3.63) is 12.3 Å². The molecule has 12 heavy (non-hydrogen) atoms. The minimum Gasteiger partial charge on any atom is -0.360 e. The van der Waals surface area contributed by atoms with Crippen LogP contribution in [0.15, 0.2) is 17.3 Å². The Bertz CT molecular complexity index is 251. The molecule has 4 heteroatoms. The van der Waals surface area contributed by atoms with Gasteiger partial charge >= 0.3 is 0 Å². The van der Waals surface area contributed by atoms with E-state index in [4.69, 9.17) is 4.74 Å². The molecule has 0 bridgehead atoms. The van der Waals surface area contributed by atoms with Crippen molar-refractivity contribution in [2.75, 3.05) is 19.7 Å². The van der Waals surface area contributed by atoms with Crippen LogP contribution in [0.25, 0.3) is 0 Å². The zero-order valence-electron chi connectivity index (χ0n) is 6.76. The first-order chi connectivity index (χ1) is 5.95. The van der Waals surface area contributed by atoms with Crippen molar-refractivity contribution in [1.29, 1.82) is 0 Å². The largest absolute Gasteiger partial charge is 0.360 e. The predicted molar refractivity (Wildman–Crippen MR) is 44.6 cm³/mol. The van der Waals surface area contributed by atoms with E-state index in [0.717, 1.165) is 19.7 Å². The van der Waals surface area contributed by atoms with Gasteiger partial charge in [-0.15, -0.1) is 0 Å². The molecule has 0 aromatic heterocycles. The van der Waals surface area contributed by atoms with Crippen LogP contribution >= 0.6 is 0 Å². The SMILES string of the molecule is C1=CC2N(C=N1)CC1OCCN12. The summed E-state index contributed by atoms with van der Waals surface area (Å²) in [5.74, 6) is 0. The van der Waals surface area contributed by atoms with E-state index in [9.17, 15) is 0 Å². The summed E-state index contributed by atoms with van der Waals surface area (Å²) in [5.41, 5.74) is 0. The van der Waals surface area contributed by atoms with Crippen molar-refractivity contribution < 1.29 is 4.74 Å². The zero-order chi connectivity index (χ0) is 7.97. The summed E-state index contributed by atoms with van der Waals surface area (Å²) >= 11 is 0. The van der Waals surface area contributed by atoms with Crippen molar-refractivity contribution in [1.82, 2.24) is 9.80 Å². The molecule has 3 aliphatic rings. The zero-order valence-corrected chi connectivity index (χ0v) is 6.76. The molecule has 0 radical (unpaired) electrons. The molecule has 2 atom stereocenters. The molecule has 2 fully saturated rings. The van der Waals surface area contributed by atoms with Crippen molar-refractivity contribution in [2.45, 2.75) is 12.4 Å². The maximum absolute atomic E-state index is 5.56. The topological polar surface area (TPSA) is 28.1 Å². The first kappa shape index (κ1) is 6.62. The van der Waals surface area contributed by atoms with Crippen LogP contribution in [0.5, 0.6) is 0 Å². The lowest BCUT2D eigenvalue weighted by Crippen LogP contribution is -2.37.